The Morgan fingerprint density at radius 2 is 1.67 bits per heavy atom. The first-order valence-corrected chi connectivity index (χ1v) is 8.19. The van der Waals surface area contributed by atoms with E-state index in [1.54, 1.807) is 48.5 Å². The first-order chi connectivity index (χ1) is 13.0. The second kappa shape index (κ2) is 9.63. The Balaban J connectivity index is 2.05. The third-order valence-corrected chi connectivity index (χ3v) is 3.36. The lowest BCUT2D eigenvalue weighted by molar-refractivity contribution is -0.120. The third kappa shape index (κ3) is 6.21. The van der Waals surface area contributed by atoms with Crippen molar-refractivity contribution in [2.24, 2.45) is 5.73 Å². The van der Waals surface area contributed by atoms with Gasteiger partial charge >= 0.3 is 0 Å². The van der Waals surface area contributed by atoms with Gasteiger partial charge in [0.05, 0.1) is 6.61 Å². The molecule has 0 fully saturated rings. The van der Waals surface area contributed by atoms with Crippen LogP contribution in [0.2, 0.25) is 0 Å². The van der Waals surface area contributed by atoms with Gasteiger partial charge in [0.1, 0.15) is 23.1 Å². The summed E-state index contributed by atoms with van der Waals surface area (Å²) in [6.45, 7) is 2.22. The quantitative estimate of drug-likeness (QED) is 0.551. The second-order valence-electron chi connectivity index (χ2n) is 5.41. The maximum Gasteiger partial charge on any atom is 0.266 e. The molecule has 0 bridgehead atoms. The Bertz CT molecular complexity index is 866. The summed E-state index contributed by atoms with van der Waals surface area (Å²) < 4.78 is 10.5. The molecule has 0 atom stereocenters. The van der Waals surface area contributed by atoms with Gasteiger partial charge in [0, 0.05) is 5.69 Å². The van der Waals surface area contributed by atoms with E-state index >= 15 is 0 Å². The van der Waals surface area contributed by atoms with E-state index in [0.717, 1.165) is 0 Å². The maximum absolute atomic E-state index is 12.3. The van der Waals surface area contributed by atoms with Crippen molar-refractivity contribution in [1.82, 2.24) is 0 Å². The lowest BCUT2D eigenvalue weighted by Gasteiger charge is -2.07. The molecule has 3 N–H and O–H groups in total. The van der Waals surface area contributed by atoms with E-state index in [9.17, 15) is 14.9 Å². The van der Waals surface area contributed by atoms with Crippen LogP contribution in [0.5, 0.6) is 11.5 Å². The zero-order valence-electron chi connectivity index (χ0n) is 14.8. The number of benzene rings is 2. The highest BCUT2D eigenvalue weighted by atomic mass is 16.5. The molecule has 0 aliphatic heterocycles. The number of nitrogens with two attached hydrogens (primary N) is 1. The minimum absolute atomic E-state index is 0.0466. The number of hydrogen-bond donors (Lipinski definition) is 2. The van der Waals surface area contributed by atoms with E-state index in [4.69, 9.17) is 15.2 Å². The van der Waals surface area contributed by atoms with Gasteiger partial charge in [-0.2, -0.15) is 5.26 Å². The molecule has 7 heteroatoms. The Morgan fingerprint density at radius 3 is 2.22 bits per heavy atom. The van der Waals surface area contributed by atoms with Gasteiger partial charge in [0.2, 0.25) is 0 Å². The van der Waals surface area contributed by atoms with Crippen LogP contribution in [0.25, 0.3) is 6.08 Å². The molecule has 2 rings (SSSR count). The van der Waals surface area contributed by atoms with Crippen molar-refractivity contribution in [1.29, 1.82) is 5.26 Å². The molecule has 0 saturated heterocycles. The van der Waals surface area contributed by atoms with Crippen molar-refractivity contribution in [3.8, 4) is 17.6 Å². The summed E-state index contributed by atoms with van der Waals surface area (Å²) in [5.74, 6) is 0.0703. The van der Waals surface area contributed by atoms with Gasteiger partial charge in [0.15, 0.2) is 6.61 Å². The van der Waals surface area contributed by atoms with Crippen molar-refractivity contribution in [3.63, 3.8) is 0 Å². The van der Waals surface area contributed by atoms with E-state index in [2.05, 4.69) is 5.32 Å². The van der Waals surface area contributed by atoms with E-state index in [-0.39, 0.29) is 12.2 Å². The lowest BCUT2D eigenvalue weighted by Crippen LogP contribution is -2.19. The predicted octanol–water partition coefficient (Wildman–Crippen LogP) is 2.50. The van der Waals surface area contributed by atoms with Crippen molar-refractivity contribution in [2.75, 3.05) is 18.5 Å². The van der Waals surface area contributed by atoms with Crippen LogP contribution in [0, 0.1) is 11.3 Å². The molecule has 0 aliphatic rings. The molecule has 2 aromatic carbocycles. The molecule has 0 aliphatic carbocycles. The van der Waals surface area contributed by atoms with Gasteiger partial charge in [-0.3, -0.25) is 9.59 Å². The summed E-state index contributed by atoms with van der Waals surface area (Å²) in [5, 5.41) is 11.9. The number of anilines is 1. The maximum atomic E-state index is 12.3. The molecular formula is C20H19N3O4. The molecule has 0 radical (unpaired) electrons. The highest BCUT2D eigenvalue weighted by Crippen LogP contribution is 2.18. The number of carbonyl (C=O) groups excluding carboxylic acids is 2. The van der Waals surface area contributed by atoms with Gasteiger partial charge < -0.3 is 20.5 Å². The molecule has 0 saturated carbocycles. The molecule has 2 amide bonds. The molecule has 0 spiro atoms. The average molecular weight is 365 g/mol. The first kappa shape index (κ1) is 19.5. The number of hydrogen-bond acceptors (Lipinski definition) is 5. The Kier molecular flexibility index (Phi) is 6.97. The smallest absolute Gasteiger partial charge is 0.266 e. The van der Waals surface area contributed by atoms with Crippen LogP contribution in [0.1, 0.15) is 12.5 Å². The molecule has 0 heterocycles. The minimum atomic E-state index is -0.573. The fourth-order valence-electron chi connectivity index (χ4n) is 2.13. The van der Waals surface area contributed by atoms with Gasteiger partial charge in [-0.1, -0.05) is 12.1 Å². The van der Waals surface area contributed by atoms with Crippen LogP contribution >= 0.6 is 0 Å². The standard InChI is InChI=1S/C20H19N3O4/c1-2-26-17-9-5-16(6-10-17)23-20(25)15(12-21)11-14-3-7-18(8-4-14)27-13-19(22)24/h3-11H,2,13H2,1H3,(H2,22,24)(H,23,25). The van der Waals surface area contributed by atoms with E-state index in [1.165, 1.54) is 6.08 Å². The normalized spacial score (nSPS) is 10.6. The number of rotatable bonds is 8. The summed E-state index contributed by atoms with van der Waals surface area (Å²) in [7, 11) is 0. The fourth-order valence-corrected chi connectivity index (χ4v) is 2.13. The van der Waals surface area contributed by atoms with Gasteiger partial charge in [-0.25, -0.2) is 0 Å². The average Bonchev–Trinajstić information content (AvgIpc) is 2.67. The highest BCUT2D eigenvalue weighted by molar-refractivity contribution is 6.09. The Morgan fingerprint density at radius 1 is 1.07 bits per heavy atom. The molecule has 2 aromatic rings. The zero-order valence-corrected chi connectivity index (χ0v) is 14.8. The lowest BCUT2D eigenvalue weighted by atomic mass is 10.1. The number of nitriles is 1. The molecule has 27 heavy (non-hydrogen) atoms. The van der Waals surface area contributed by atoms with Crippen LogP contribution in [0.3, 0.4) is 0 Å². The molecule has 0 unspecified atom stereocenters. The van der Waals surface area contributed by atoms with Crippen LogP contribution in [-0.2, 0) is 9.59 Å². The molecule has 7 nitrogen and oxygen atoms in total. The molecule has 0 aromatic heterocycles. The van der Waals surface area contributed by atoms with Crippen molar-refractivity contribution >= 4 is 23.6 Å². The second-order valence-corrected chi connectivity index (χ2v) is 5.41. The van der Waals surface area contributed by atoms with Gasteiger partial charge in [-0.15, -0.1) is 0 Å². The number of ether oxygens (including phenoxy) is 2. The fraction of sp³-hybridized carbons (Fsp3) is 0.150. The number of amides is 2. The Hall–Kier alpha value is -3.79. The number of carbonyl (C=O) groups is 2. The van der Waals surface area contributed by atoms with Crippen LogP contribution < -0.4 is 20.5 Å². The zero-order chi connectivity index (χ0) is 19.6. The summed E-state index contributed by atoms with van der Waals surface area (Å²) >= 11 is 0. The van der Waals surface area contributed by atoms with Crippen LogP contribution in [0.4, 0.5) is 5.69 Å². The summed E-state index contributed by atoms with van der Waals surface area (Å²) in [6.07, 6.45) is 1.46. The molecular weight excluding hydrogens is 346 g/mol. The summed E-state index contributed by atoms with van der Waals surface area (Å²) in [4.78, 5) is 23.0. The molecule has 138 valence electrons. The topological polar surface area (TPSA) is 114 Å². The van der Waals surface area contributed by atoms with Gasteiger partial charge in [0.25, 0.3) is 11.8 Å². The van der Waals surface area contributed by atoms with Crippen LogP contribution in [0.15, 0.2) is 54.1 Å². The Labute approximate surface area is 157 Å². The third-order valence-electron chi connectivity index (χ3n) is 3.36. The van der Waals surface area contributed by atoms with Crippen LogP contribution in [-0.4, -0.2) is 25.0 Å². The number of nitrogens with one attached hydrogen (secondary N) is 1. The SMILES string of the molecule is CCOc1ccc(NC(=O)C(C#N)=Cc2ccc(OCC(N)=O)cc2)cc1. The highest BCUT2D eigenvalue weighted by Gasteiger charge is 2.10. The monoisotopic (exact) mass is 365 g/mol. The number of primary amides is 1. The van der Waals surface area contributed by atoms with E-state index < -0.39 is 11.8 Å². The van der Waals surface area contributed by atoms with E-state index in [0.29, 0.717) is 29.4 Å². The van der Waals surface area contributed by atoms with Crippen molar-refractivity contribution < 1.29 is 19.1 Å². The first-order valence-electron chi connectivity index (χ1n) is 8.19. The summed E-state index contributed by atoms with van der Waals surface area (Å²) in [5.41, 5.74) is 6.16. The largest absolute Gasteiger partial charge is 0.494 e. The summed E-state index contributed by atoms with van der Waals surface area (Å²) in [6, 6.07) is 15.3. The number of nitrogens with zero attached hydrogens (tertiary/aromatic N) is 1. The predicted molar refractivity (Wildman–Crippen MR) is 101 cm³/mol. The van der Waals surface area contributed by atoms with Gasteiger partial charge in [-0.05, 0) is 55.0 Å². The minimum Gasteiger partial charge on any atom is -0.494 e. The van der Waals surface area contributed by atoms with Crippen molar-refractivity contribution in [2.45, 2.75) is 6.92 Å². The van der Waals surface area contributed by atoms with Crippen molar-refractivity contribution in [3.05, 3.63) is 59.7 Å². The van der Waals surface area contributed by atoms with E-state index in [1.807, 2.05) is 13.0 Å².